The number of aromatic nitrogens is 6. The van der Waals surface area contributed by atoms with E-state index >= 15 is 0 Å². The molecule has 0 spiro atoms. The Kier molecular flexibility index (Phi) is 23.3. The highest BCUT2D eigenvalue weighted by atomic mass is 16.5. The van der Waals surface area contributed by atoms with Crippen LogP contribution < -0.4 is 47.4 Å². The van der Waals surface area contributed by atoms with E-state index in [-0.39, 0.29) is 0 Å². The number of fused-ring (bicyclic) bond motifs is 18. The van der Waals surface area contributed by atoms with Gasteiger partial charge in [0.2, 0.25) is 0 Å². The largest absolute Gasteiger partial charge is 0.497 e. The molecule has 702 valence electrons. The summed E-state index contributed by atoms with van der Waals surface area (Å²) in [6, 6.07) is 119. The number of hydrogen-bond donors (Lipinski definition) is 0. The second kappa shape index (κ2) is 37.5. The molecule has 22 nitrogen and oxygen atoms in total. The van der Waals surface area contributed by atoms with Crippen molar-refractivity contribution in [2.45, 2.75) is 0 Å². The first-order valence-corrected chi connectivity index (χ1v) is 46.6. The lowest BCUT2D eigenvalue weighted by Crippen LogP contribution is -1.98. The number of ether oxygens (including phenoxy) is 10. The lowest BCUT2D eigenvalue weighted by atomic mass is 9.97. The molecular weight excluding hydrogens is 1820 g/mol. The SMILES string of the molecule is [C-]#[N+]c1cc(-n2c3cc(OC)ccc3c3ccc(OC)cc32)ccc1-c1ccc(-n2c3cc(OC)ccc3c3ccc(OC)cc32)cc1C#N.[C-]#[N+]c1cc(-n2c3ccc(OC)cc3c3cc(OC)ccc32)ccc1-c1ccc(-n2c3ccc(OC)cc3c3cc(OC)ccc32)cc1C#N.[C-]#[N+]c1cc(-n2c3ccccc3c3cc(OC)ccc32)ccc1-c1ccc(-n2c3ccccc3c3cc(OC)ccc32)cc1C#N. The monoisotopic (exact) mass is 1900 g/mol. The minimum Gasteiger partial charge on any atom is -0.497 e. The number of methoxy groups -OCH3 is 10. The van der Waals surface area contributed by atoms with Gasteiger partial charge in [-0.15, -0.1) is 0 Å². The van der Waals surface area contributed by atoms with Crippen LogP contribution in [0.15, 0.2) is 340 Å². The number of hydrogen-bond acceptors (Lipinski definition) is 13. The first kappa shape index (κ1) is 90.8. The Morgan fingerprint density at radius 2 is 0.356 bits per heavy atom. The van der Waals surface area contributed by atoms with Gasteiger partial charge in [-0.2, -0.15) is 15.8 Å². The van der Waals surface area contributed by atoms with Gasteiger partial charge in [0.25, 0.3) is 0 Å². The third kappa shape index (κ3) is 15.2. The lowest BCUT2D eigenvalue weighted by molar-refractivity contribution is 0.415. The highest BCUT2D eigenvalue weighted by Gasteiger charge is 2.27. The fourth-order valence-electron chi connectivity index (χ4n) is 20.7. The van der Waals surface area contributed by atoms with Crippen molar-refractivity contribution in [2.75, 3.05) is 71.1 Å². The minimum absolute atomic E-state index is 0.430. The van der Waals surface area contributed by atoms with E-state index in [0.717, 1.165) is 234 Å². The molecule has 18 aromatic carbocycles. The molecule has 0 atom stereocenters. The van der Waals surface area contributed by atoms with E-state index in [1.54, 1.807) is 71.1 Å². The molecule has 6 aromatic heterocycles. The number of nitrogens with zero attached hydrogens (tertiary/aromatic N) is 12. The molecule has 0 amide bonds. The first-order valence-electron chi connectivity index (χ1n) is 46.6. The maximum atomic E-state index is 10.5. The summed E-state index contributed by atoms with van der Waals surface area (Å²) in [5.74, 6) is 7.52. The number of nitriles is 3. The third-order valence-corrected chi connectivity index (χ3v) is 27.6. The summed E-state index contributed by atoms with van der Waals surface area (Å²) >= 11 is 0. The summed E-state index contributed by atoms with van der Waals surface area (Å²) in [6.45, 7) is 24.5. The minimum atomic E-state index is 0.430. The molecule has 0 aliphatic carbocycles. The Morgan fingerprint density at radius 1 is 0.178 bits per heavy atom. The van der Waals surface area contributed by atoms with Crippen LogP contribution in [0.5, 0.6) is 57.5 Å². The Labute approximate surface area is 838 Å². The van der Waals surface area contributed by atoms with Crippen molar-refractivity contribution < 1.29 is 47.4 Å². The normalized spacial score (nSPS) is 11.2. The van der Waals surface area contributed by atoms with Gasteiger partial charge in [-0.25, -0.2) is 14.5 Å². The highest BCUT2D eigenvalue weighted by molar-refractivity contribution is 6.16. The summed E-state index contributed by atoms with van der Waals surface area (Å²) in [5, 5.41) is 43.9. The van der Waals surface area contributed by atoms with Crippen LogP contribution in [0, 0.1) is 53.7 Å². The van der Waals surface area contributed by atoms with Gasteiger partial charge in [0.05, 0.1) is 192 Å². The molecule has 146 heavy (non-hydrogen) atoms. The van der Waals surface area contributed by atoms with Crippen LogP contribution in [0.4, 0.5) is 17.1 Å². The molecule has 24 rings (SSSR count). The van der Waals surface area contributed by atoms with E-state index in [1.165, 1.54) is 0 Å². The number of benzene rings is 18. The number of rotatable bonds is 19. The van der Waals surface area contributed by atoms with Gasteiger partial charge in [0.15, 0.2) is 17.1 Å². The Morgan fingerprint density at radius 3 is 0.575 bits per heavy atom. The third-order valence-electron chi connectivity index (χ3n) is 27.6. The molecular formula is C124H86N12O10. The smallest absolute Gasteiger partial charge is 0.197 e. The van der Waals surface area contributed by atoms with Crippen molar-refractivity contribution in [3.8, 4) is 143 Å². The molecule has 0 saturated heterocycles. The second-order valence-electron chi connectivity index (χ2n) is 34.8. The van der Waals surface area contributed by atoms with Crippen molar-refractivity contribution in [1.82, 2.24) is 27.4 Å². The van der Waals surface area contributed by atoms with E-state index in [2.05, 4.69) is 96.5 Å². The zero-order chi connectivity index (χ0) is 100. The maximum absolute atomic E-state index is 10.5. The van der Waals surface area contributed by atoms with Gasteiger partial charge in [0, 0.05) is 123 Å². The summed E-state index contributed by atoms with van der Waals surface area (Å²) in [7, 11) is 16.5. The van der Waals surface area contributed by atoms with Crippen LogP contribution in [-0.2, 0) is 0 Å². The number of para-hydroxylation sites is 2. The zero-order valence-corrected chi connectivity index (χ0v) is 80.8. The molecule has 22 heteroatoms. The van der Waals surface area contributed by atoms with Crippen LogP contribution in [0.2, 0.25) is 0 Å². The van der Waals surface area contributed by atoms with Gasteiger partial charge in [-0.05, 0) is 276 Å². The molecule has 0 bridgehead atoms. The molecule has 24 aromatic rings. The molecule has 0 N–H and O–H groups in total. The molecule has 0 fully saturated rings. The van der Waals surface area contributed by atoms with E-state index in [1.807, 2.05) is 303 Å². The second-order valence-corrected chi connectivity index (χ2v) is 34.8. The van der Waals surface area contributed by atoms with Gasteiger partial charge < -0.3 is 74.8 Å². The van der Waals surface area contributed by atoms with Crippen molar-refractivity contribution >= 4 is 148 Å². The van der Waals surface area contributed by atoms with Gasteiger partial charge in [0.1, 0.15) is 57.5 Å². The first-order chi connectivity index (χ1) is 71.6. The summed E-state index contributed by atoms with van der Waals surface area (Å²) < 4.78 is 68.3. The van der Waals surface area contributed by atoms with Gasteiger partial charge >= 0.3 is 0 Å². The average Bonchev–Trinajstić information content (AvgIpc) is 1.60. The molecule has 0 unspecified atom stereocenters. The van der Waals surface area contributed by atoms with Crippen LogP contribution in [0.3, 0.4) is 0 Å². The fourth-order valence-corrected chi connectivity index (χ4v) is 20.7. The maximum Gasteiger partial charge on any atom is 0.197 e. The van der Waals surface area contributed by atoms with E-state index in [0.29, 0.717) is 56.0 Å². The quantitative estimate of drug-likeness (QED) is 0.0692. The van der Waals surface area contributed by atoms with Crippen molar-refractivity contribution in [1.29, 1.82) is 15.8 Å². The Hall–Kier alpha value is -20.3. The predicted molar refractivity (Wildman–Crippen MR) is 580 cm³/mol. The van der Waals surface area contributed by atoms with Crippen LogP contribution in [0.1, 0.15) is 16.7 Å². The lowest BCUT2D eigenvalue weighted by Gasteiger charge is -2.15. The standard InChI is InChI=1S/2C42H30N4O4.C40H26N4O2/c1-44-38-19-27(46-41-16-10-30(49-4)22-36(41)37-23-31(50-5)11-17-42(37)46)7-13-33(38)32-12-6-26(18-25(32)24-43)45-39-14-8-28(47-2)20-34(39)35-21-29(48-3)9-15-40(35)45;1-44-38-19-27(46-41-22-30(49-4)10-16-36(41)37-17-11-31(50-5)23-42(37)46)7-13-33(38)32-12-6-26(18-25(32)24-43)45-39-20-28(47-2)8-14-34(39)35-15-9-29(48-3)21-40(35)45;1-42-36-21-27(44-38-11-7-5-9-33(38)35-23-29(46-3)15-19-40(35)44)13-17-31(36)30-16-12-26(20-25(30)24-41)43-37-10-6-4-8-32(37)34-22-28(45-2)14-18-39(34)43/h2*6-23H,2-5H3;4-23H,2-3H3. The molecule has 0 radical (unpaired) electrons. The van der Waals surface area contributed by atoms with E-state index < -0.39 is 0 Å². The molecule has 0 saturated carbocycles. The van der Waals surface area contributed by atoms with Gasteiger partial charge in [-0.1, -0.05) is 72.8 Å². The Balaban J connectivity index is 0.000000125. The van der Waals surface area contributed by atoms with Crippen LogP contribution in [-0.4, -0.2) is 98.5 Å². The van der Waals surface area contributed by atoms with Crippen LogP contribution in [0.25, 0.3) is 213 Å². The van der Waals surface area contributed by atoms with Gasteiger partial charge in [-0.3, -0.25) is 0 Å². The van der Waals surface area contributed by atoms with E-state index in [9.17, 15) is 15.8 Å². The summed E-state index contributed by atoms with van der Waals surface area (Å²) in [5.41, 5.74) is 23.7. The van der Waals surface area contributed by atoms with E-state index in [4.69, 9.17) is 67.1 Å². The Bertz CT molecular complexity index is 9050. The van der Waals surface area contributed by atoms with Crippen LogP contribution >= 0.6 is 0 Å². The molecule has 0 aliphatic rings. The molecule has 6 heterocycles. The zero-order valence-electron chi connectivity index (χ0n) is 80.8. The van der Waals surface area contributed by atoms with Crippen molar-refractivity contribution in [3.05, 3.63) is 391 Å². The predicted octanol–water partition coefficient (Wildman–Crippen LogP) is 30.0. The summed E-state index contributed by atoms with van der Waals surface area (Å²) in [4.78, 5) is 11.9. The average molecular weight is 1900 g/mol. The van der Waals surface area contributed by atoms with Crippen molar-refractivity contribution in [3.63, 3.8) is 0 Å². The molecule has 0 aliphatic heterocycles. The highest BCUT2D eigenvalue weighted by Crippen LogP contribution is 2.49. The summed E-state index contributed by atoms with van der Waals surface area (Å²) in [6.07, 6.45) is 0. The fraction of sp³-hybridized carbons (Fsp3) is 0.0806. The van der Waals surface area contributed by atoms with Crippen molar-refractivity contribution in [2.24, 2.45) is 0 Å². The topological polar surface area (TPSA) is 206 Å².